The molecule has 1 amide bonds. The van der Waals surface area contributed by atoms with E-state index in [1.54, 1.807) is 42.5 Å². The number of carbonyl (C=O) groups excluding carboxylic acids is 1. The molecule has 34 heavy (non-hydrogen) atoms. The molecule has 0 radical (unpaired) electrons. The monoisotopic (exact) mass is 494 g/mol. The fourth-order valence-corrected chi connectivity index (χ4v) is 5.22. The molecular formula is C26H23ClN2O4S. The molecule has 0 bridgehead atoms. The van der Waals surface area contributed by atoms with Crippen LogP contribution in [0.4, 0.5) is 5.69 Å². The summed E-state index contributed by atoms with van der Waals surface area (Å²) in [6.45, 7) is 0.0337. The van der Waals surface area contributed by atoms with Gasteiger partial charge in [0.1, 0.15) is 18.9 Å². The van der Waals surface area contributed by atoms with Crippen LogP contribution in [0.3, 0.4) is 0 Å². The minimum atomic E-state index is -4.01. The maximum atomic E-state index is 13.3. The number of nitrogens with zero attached hydrogens (tertiary/aromatic N) is 1. The fraction of sp³-hybridized carbons (Fsp3) is 0.115. The minimum Gasteiger partial charge on any atom is -0.492 e. The van der Waals surface area contributed by atoms with Crippen molar-refractivity contribution in [3.05, 3.63) is 102 Å². The summed E-state index contributed by atoms with van der Waals surface area (Å²) in [6.07, 6.45) is 0. The highest BCUT2D eigenvalue weighted by molar-refractivity contribution is 7.92. The summed E-state index contributed by atoms with van der Waals surface area (Å²) < 4.78 is 33.4. The van der Waals surface area contributed by atoms with Crippen LogP contribution in [-0.4, -0.2) is 34.0 Å². The first-order valence-corrected chi connectivity index (χ1v) is 12.5. The molecule has 0 aromatic heterocycles. The number of hydrogen-bond donors (Lipinski definition) is 1. The van der Waals surface area contributed by atoms with Crippen molar-refractivity contribution >= 4 is 44.0 Å². The highest BCUT2D eigenvalue weighted by Crippen LogP contribution is 2.30. The van der Waals surface area contributed by atoms with E-state index in [4.69, 9.17) is 16.3 Å². The topological polar surface area (TPSA) is 75.7 Å². The van der Waals surface area contributed by atoms with Crippen molar-refractivity contribution in [3.63, 3.8) is 0 Å². The molecule has 4 aromatic carbocycles. The Morgan fingerprint density at radius 2 is 1.53 bits per heavy atom. The van der Waals surface area contributed by atoms with Crippen molar-refractivity contribution in [2.75, 3.05) is 24.0 Å². The van der Waals surface area contributed by atoms with Crippen LogP contribution in [0.2, 0.25) is 5.02 Å². The molecule has 0 aliphatic heterocycles. The molecule has 0 aliphatic rings. The Kier molecular flexibility index (Phi) is 7.35. The summed E-state index contributed by atoms with van der Waals surface area (Å²) in [5.41, 5.74) is 0.232. The Hall–Kier alpha value is -3.55. The normalized spacial score (nSPS) is 11.2. The van der Waals surface area contributed by atoms with E-state index in [9.17, 15) is 13.2 Å². The molecule has 8 heteroatoms. The minimum absolute atomic E-state index is 0.0716. The number of nitrogens with one attached hydrogen (secondary N) is 1. The molecule has 0 spiro atoms. The summed E-state index contributed by atoms with van der Waals surface area (Å²) in [4.78, 5) is 12.8. The van der Waals surface area contributed by atoms with Gasteiger partial charge in [-0.3, -0.25) is 9.10 Å². The molecule has 0 saturated carbocycles. The lowest BCUT2D eigenvalue weighted by Gasteiger charge is -2.25. The van der Waals surface area contributed by atoms with Crippen LogP contribution in [-0.2, 0) is 14.8 Å². The Morgan fingerprint density at radius 1 is 0.853 bits per heavy atom. The maximum absolute atomic E-state index is 13.3. The number of rotatable bonds is 9. The van der Waals surface area contributed by atoms with E-state index in [1.165, 1.54) is 12.1 Å². The van der Waals surface area contributed by atoms with E-state index >= 15 is 0 Å². The largest absolute Gasteiger partial charge is 0.492 e. The number of halogens is 1. The second kappa shape index (κ2) is 10.6. The molecule has 0 aliphatic carbocycles. The van der Waals surface area contributed by atoms with E-state index in [-0.39, 0.29) is 28.8 Å². The number of sulfonamides is 1. The first-order valence-electron chi connectivity index (χ1n) is 10.7. The number of fused-ring (bicyclic) bond motifs is 1. The van der Waals surface area contributed by atoms with Gasteiger partial charge in [0.2, 0.25) is 5.91 Å². The average Bonchev–Trinajstić information content (AvgIpc) is 2.86. The second-order valence-corrected chi connectivity index (χ2v) is 9.75. The Balaban J connectivity index is 1.42. The van der Waals surface area contributed by atoms with Crippen molar-refractivity contribution < 1.29 is 17.9 Å². The number of ether oxygens (including phenoxy) is 1. The van der Waals surface area contributed by atoms with Gasteiger partial charge in [0.15, 0.2) is 0 Å². The van der Waals surface area contributed by atoms with Gasteiger partial charge in [-0.1, -0.05) is 72.3 Å². The van der Waals surface area contributed by atoms with Gasteiger partial charge in [-0.2, -0.15) is 0 Å². The van der Waals surface area contributed by atoms with Gasteiger partial charge < -0.3 is 10.1 Å². The van der Waals surface area contributed by atoms with Gasteiger partial charge in [-0.15, -0.1) is 0 Å². The first kappa shape index (κ1) is 23.6. The molecule has 1 N–H and O–H groups in total. The molecule has 4 rings (SSSR count). The zero-order chi connectivity index (χ0) is 24.0. The molecule has 6 nitrogen and oxygen atoms in total. The van der Waals surface area contributed by atoms with Crippen LogP contribution >= 0.6 is 11.6 Å². The number of hydrogen-bond acceptors (Lipinski definition) is 4. The van der Waals surface area contributed by atoms with Gasteiger partial charge in [-0.05, 0) is 47.2 Å². The number of carbonyl (C=O) groups is 1. The lowest BCUT2D eigenvalue weighted by Crippen LogP contribution is -2.42. The lowest BCUT2D eigenvalue weighted by molar-refractivity contribution is -0.119. The predicted molar refractivity (Wildman–Crippen MR) is 135 cm³/mol. The van der Waals surface area contributed by atoms with E-state index in [1.807, 2.05) is 42.5 Å². The number of amides is 1. The highest BCUT2D eigenvalue weighted by Gasteiger charge is 2.28. The third kappa shape index (κ3) is 5.50. The molecule has 0 heterocycles. The zero-order valence-electron chi connectivity index (χ0n) is 18.2. The third-order valence-electron chi connectivity index (χ3n) is 5.15. The van der Waals surface area contributed by atoms with Crippen LogP contribution in [0, 0.1) is 0 Å². The standard InChI is InChI=1S/C26H23ClN2O4S/c27-24-12-6-7-13-25(24)29(34(31,32)23-10-2-1-3-11-23)19-26(30)28-16-17-33-22-15-14-20-8-4-5-9-21(20)18-22/h1-15,18H,16-17,19H2,(H,28,30). The van der Waals surface area contributed by atoms with Gasteiger partial charge in [0, 0.05) is 0 Å². The van der Waals surface area contributed by atoms with Gasteiger partial charge >= 0.3 is 0 Å². The van der Waals surface area contributed by atoms with E-state index in [0.717, 1.165) is 15.1 Å². The fourth-order valence-electron chi connectivity index (χ4n) is 3.48. The van der Waals surface area contributed by atoms with Gasteiger partial charge in [0.25, 0.3) is 10.0 Å². The Morgan fingerprint density at radius 3 is 2.29 bits per heavy atom. The third-order valence-corrected chi connectivity index (χ3v) is 7.25. The molecule has 0 unspecified atom stereocenters. The Labute approximate surface area is 203 Å². The van der Waals surface area contributed by atoms with Crippen molar-refractivity contribution in [2.45, 2.75) is 4.90 Å². The van der Waals surface area contributed by atoms with Crippen molar-refractivity contribution in [3.8, 4) is 5.75 Å². The SMILES string of the molecule is O=C(CN(c1ccccc1Cl)S(=O)(=O)c1ccccc1)NCCOc1ccc2ccccc2c1. The maximum Gasteiger partial charge on any atom is 0.264 e. The quantitative estimate of drug-likeness (QED) is 0.336. The number of anilines is 1. The van der Waals surface area contributed by atoms with Crippen molar-refractivity contribution in [1.29, 1.82) is 0 Å². The van der Waals surface area contributed by atoms with Gasteiger partial charge in [0.05, 0.1) is 22.2 Å². The van der Waals surface area contributed by atoms with Crippen molar-refractivity contribution in [1.82, 2.24) is 5.32 Å². The summed E-state index contributed by atoms with van der Waals surface area (Å²) in [6, 6.07) is 28.2. The zero-order valence-corrected chi connectivity index (χ0v) is 19.8. The lowest BCUT2D eigenvalue weighted by atomic mass is 10.1. The van der Waals surface area contributed by atoms with E-state index in [2.05, 4.69) is 5.32 Å². The average molecular weight is 495 g/mol. The van der Waals surface area contributed by atoms with Crippen molar-refractivity contribution in [2.24, 2.45) is 0 Å². The predicted octanol–water partition coefficient (Wildman–Crippen LogP) is 4.88. The molecule has 0 saturated heterocycles. The van der Waals surface area contributed by atoms with Crippen LogP contribution < -0.4 is 14.4 Å². The summed E-state index contributed by atoms with van der Waals surface area (Å²) >= 11 is 6.27. The molecule has 0 fully saturated rings. The molecule has 4 aromatic rings. The summed E-state index contributed by atoms with van der Waals surface area (Å²) in [5, 5.41) is 5.13. The van der Waals surface area contributed by atoms with Crippen LogP contribution in [0.25, 0.3) is 10.8 Å². The summed E-state index contributed by atoms with van der Waals surface area (Å²) in [7, 11) is -4.01. The number of benzene rings is 4. The van der Waals surface area contributed by atoms with Gasteiger partial charge in [-0.25, -0.2) is 8.42 Å². The summed E-state index contributed by atoms with van der Waals surface area (Å²) in [5.74, 6) is 0.221. The smallest absolute Gasteiger partial charge is 0.264 e. The molecule has 174 valence electrons. The Bertz CT molecular complexity index is 1390. The van der Waals surface area contributed by atoms with Crippen LogP contribution in [0.15, 0.2) is 102 Å². The van der Waals surface area contributed by atoms with E-state index in [0.29, 0.717) is 5.75 Å². The molecule has 0 atom stereocenters. The highest BCUT2D eigenvalue weighted by atomic mass is 35.5. The number of para-hydroxylation sites is 1. The van der Waals surface area contributed by atoms with Crippen LogP contribution in [0.5, 0.6) is 5.75 Å². The molecular weight excluding hydrogens is 472 g/mol. The first-order chi connectivity index (χ1) is 16.4. The second-order valence-electron chi connectivity index (χ2n) is 7.48. The van der Waals surface area contributed by atoms with Crippen LogP contribution in [0.1, 0.15) is 0 Å². The van der Waals surface area contributed by atoms with E-state index < -0.39 is 22.5 Å².